The Balaban J connectivity index is 1.83. The Hall–Kier alpha value is -2.39. The Morgan fingerprint density at radius 2 is 2.03 bits per heavy atom. The molecule has 1 atom stereocenters. The summed E-state index contributed by atoms with van der Waals surface area (Å²) in [5.41, 5.74) is 2.46. The summed E-state index contributed by atoms with van der Waals surface area (Å²) >= 11 is 0. The summed E-state index contributed by atoms with van der Waals surface area (Å²) in [7, 11) is 0.473. The van der Waals surface area contributed by atoms with Crippen molar-refractivity contribution < 1.29 is 17.9 Å². The van der Waals surface area contributed by atoms with Gasteiger partial charge in [-0.15, -0.1) is 0 Å². The Kier molecular flexibility index (Phi) is 7.43. The molecular formula is C20H30N4O4S. The van der Waals surface area contributed by atoms with Crippen LogP contribution in [0.15, 0.2) is 29.2 Å². The second-order valence-corrected chi connectivity index (χ2v) is 9.28. The highest BCUT2D eigenvalue weighted by Gasteiger charge is 2.20. The molecule has 0 aliphatic heterocycles. The maximum absolute atomic E-state index is 12.6. The Labute approximate surface area is 172 Å². The lowest BCUT2D eigenvalue weighted by Gasteiger charge is -2.24. The summed E-state index contributed by atoms with van der Waals surface area (Å²) in [6, 6.07) is 6.14. The molecule has 29 heavy (non-hydrogen) atoms. The number of hydrogen-bond donors (Lipinski definition) is 1. The number of benzene rings is 1. The minimum atomic E-state index is -3.26. The Morgan fingerprint density at radius 3 is 2.62 bits per heavy atom. The molecule has 9 heteroatoms. The van der Waals surface area contributed by atoms with Gasteiger partial charge in [0, 0.05) is 19.8 Å². The first-order chi connectivity index (χ1) is 13.5. The molecule has 0 radical (unpaired) electrons. The first-order valence-electron chi connectivity index (χ1n) is 9.45. The van der Waals surface area contributed by atoms with Gasteiger partial charge in [0.1, 0.15) is 5.75 Å². The van der Waals surface area contributed by atoms with Gasteiger partial charge < -0.3 is 10.1 Å². The van der Waals surface area contributed by atoms with Crippen molar-refractivity contribution in [1.82, 2.24) is 14.7 Å². The predicted molar refractivity (Wildman–Crippen MR) is 113 cm³/mol. The minimum Gasteiger partial charge on any atom is -0.494 e. The highest BCUT2D eigenvalue weighted by atomic mass is 32.2. The number of amides is 1. The average Bonchev–Trinajstić information content (AvgIpc) is 2.90. The van der Waals surface area contributed by atoms with E-state index in [2.05, 4.69) is 10.4 Å². The fourth-order valence-electron chi connectivity index (χ4n) is 2.87. The van der Waals surface area contributed by atoms with Gasteiger partial charge in [-0.25, -0.2) is 8.42 Å². The molecule has 1 amide bonds. The van der Waals surface area contributed by atoms with Gasteiger partial charge in [0.15, 0.2) is 9.84 Å². The number of carbonyl (C=O) groups is 1. The minimum absolute atomic E-state index is 0.0894. The maximum atomic E-state index is 12.6. The third-order valence-electron chi connectivity index (χ3n) is 4.96. The molecule has 0 fully saturated rings. The highest BCUT2D eigenvalue weighted by molar-refractivity contribution is 7.90. The summed E-state index contributed by atoms with van der Waals surface area (Å²) < 4.78 is 30.6. The number of hydrogen-bond acceptors (Lipinski definition) is 6. The Bertz CT molecular complexity index is 969. The van der Waals surface area contributed by atoms with Gasteiger partial charge in [-0.2, -0.15) is 5.10 Å². The molecule has 1 aromatic heterocycles. The molecule has 1 N–H and O–H groups in total. The van der Waals surface area contributed by atoms with Crippen molar-refractivity contribution in [3.05, 3.63) is 35.7 Å². The lowest BCUT2D eigenvalue weighted by Crippen LogP contribution is -2.40. The van der Waals surface area contributed by atoms with Crippen LogP contribution in [0.25, 0.3) is 0 Å². The van der Waals surface area contributed by atoms with Crippen LogP contribution < -0.4 is 10.1 Å². The largest absolute Gasteiger partial charge is 0.494 e. The topological polar surface area (TPSA) is 93.5 Å². The van der Waals surface area contributed by atoms with Crippen LogP contribution in [-0.4, -0.2) is 61.5 Å². The van der Waals surface area contributed by atoms with Gasteiger partial charge >= 0.3 is 0 Å². The van der Waals surface area contributed by atoms with Crippen molar-refractivity contribution in [3.63, 3.8) is 0 Å². The summed E-state index contributed by atoms with van der Waals surface area (Å²) in [5, 5.41) is 7.28. The standard InChI is InChI=1S/C20H30N4O4S/c1-14-19(15(2)24(5)22-14)21-20(25)16(3)23(4)11-8-12-28-17-9-7-10-18(13-17)29(6,26)27/h7,9-10,13,16H,8,11-12H2,1-6H3,(H,21,25). The molecular weight excluding hydrogens is 392 g/mol. The van der Waals surface area contributed by atoms with E-state index in [0.717, 1.165) is 17.1 Å². The van der Waals surface area contributed by atoms with E-state index in [9.17, 15) is 13.2 Å². The number of nitrogens with zero attached hydrogens (tertiary/aromatic N) is 3. The van der Waals surface area contributed by atoms with Gasteiger partial charge in [0.05, 0.1) is 34.6 Å². The van der Waals surface area contributed by atoms with E-state index >= 15 is 0 Å². The van der Waals surface area contributed by atoms with Crippen LogP contribution in [0, 0.1) is 13.8 Å². The molecule has 1 heterocycles. The highest BCUT2D eigenvalue weighted by Crippen LogP contribution is 2.19. The molecule has 0 bridgehead atoms. The molecule has 2 aromatic rings. The van der Waals surface area contributed by atoms with Crippen LogP contribution in [0.5, 0.6) is 5.75 Å². The van der Waals surface area contributed by atoms with Crippen LogP contribution >= 0.6 is 0 Å². The van der Waals surface area contributed by atoms with E-state index in [4.69, 9.17) is 4.74 Å². The van der Waals surface area contributed by atoms with Crippen LogP contribution in [-0.2, 0) is 21.7 Å². The molecule has 0 saturated heterocycles. The van der Waals surface area contributed by atoms with E-state index in [1.807, 2.05) is 39.8 Å². The molecule has 8 nitrogen and oxygen atoms in total. The van der Waals surface area contributed by atoms with Crippen molar-refractivity contribution in [1.29, 1.82) is 0 Å². The summed E-state index contributed by atoms with van der Waals surface area (Å²) in [5.74, 6) is 0.428. The van der Waals surface area contributed by atoms with Crippen LogP contribution in [0.4, 0.5) is 5.69 Å². The SMILES string of the molecule is Cc1nn(C)c(C)c1NC(=O)C(C)N(C)CCCOc1cccc(S(C)(=O)=O)c1. The zero-order chi connectivity index (χ0) is 21.8. The lowest BCUT2D eigenvalue weighted by atomic mass is 10.2. The third-order valence-corrected chi connectivity index (χ3v) is 6.07. The van der Waals surface area contributed by atoms with E-state index in [1.165, 1.54) is 12.3 Å². The lowest BCUT2D eigenvalue weighted by molar-refractivity contribution is -0.120. The number of sulfone groups is 1. The number of ether oxygens (including phenoxy) is 1. The van der Waals surface area contributed by atoms with E-state index in [-0.39, 0.29) is 16.8 Å². The smallest absolute Gasteiger partial charge is 0.241 e. The zero-order valence-electron chi connectivity index (χ0n) is 17.9. The van der Waals surface area contributed by atoms with Gasteiger partial charge in [-0.1, -0.05) is 6.07 Å². The molecule has 0 aliphatic rings. The fourth-order valence-corrected chi connectivity index (χ4v) is 3.53. The molecule has 0 saturated carbocycles. The van der Waals surface area contributed by atoms with Crippen molar-refractivity contribution in [2.45, 2.75) is 38.1 Å². The summed E-state index contributed by atoms with van der Waals surface area (Å²) in [6.45, 7) is 6.72. The Morgan fingerprint density at radius 1 is 1.34 bits per heavy atom. The summed E-state index contributed by atoms with van der Waals surface area (Å²) in [6.07, 6.45) is 1.87. The number of nitrogens with one attached hydrogen (secondary N) is 1. The van der Waals surface area contributed by atoms with Gasteiger partial charge in [0.25, 0.3) is 0 Å². The normalized spacial score (nSPS) is 12.8. The monoisotopic (exact) mass is 422 g/mol. The van der Waals surface area contributed by atoms with Crippen LogP contribution in [0.1, 0.15) is 24.7 Å². The second-order valence-electron chi connectivity index (χ2n) is 7.26. The van der Waals surface area contributed by atoms with E-state index in [1.54, 1.807) is 22.9 Å². The molecule has 2 rings (SSSR count). The number of aromatic nitrogens is 2. The third kappa shape index (κ3) is 6.04. The van der Waals surface area contributed by atoms with Crippen molar-refractivity contribution in [3.8, 4) is 5.75 Å². The van der Waals surface area contributed by atoms with E-state index in [0.29, 0.717) is 25.3 Å². The first kappa shape index (κ1) is 22.9. The maximum Gasteiger partial charge on any atom is 0.241 e. The van der Waals surface area contributed by atoms with E-state index < -0.39 is 9.84 Å². The number of likely N-dealkylation sites (N-methyl/N-ethyl adjacent to an activating group) is 1. The summed E-state index contributed by atoms with van der Waals surface area (Å²) in [4.78, 5) is 14.8. The van der Waals surface area contributed by atoms with Crippen molar-refractivity contribution in [2.24, 2.45) is 7.05 Å². The first-order valence-corrected chi connectivity index (χ1v) is 11.3. The average molecular weight is 423 g/mol. The van der Waals surface area contributed by atoms with Crippen LogP contribution in [0.3, 0.4) is 0 Å². The second kappa shape index (κ2) is 9.41. The number of anilines is 1. The number of carbonyl (C=O) groups excluding carboxylic acids is 1. The number of aryl methyl sites for hydroxylation is 2. The quantitative estimate of drug-likeness (QED) is 0.623. The molecule has 0 spiro atoms. The van der Waals surface area contributed by atoms with Gasteiger partial charge in [-0.3, -0.25) is 14.4 Å². The number of rotatable bonds is 9. The van der Waals surface area contributed by atoms with Crippen LogP contribution in [0.2, 0.25) is 0 Å². The zero-order valence-corrected chi connectivity index (χ0v) is 18.7. The molecule has 160 valence electrons. The molecule has 1 aromatic carbocycles. The molecule has 1 unspecified atom stereocenters. The van der Waals surface area contributed by atoms with Gasteiger partial charge in [-0.05, 0) is 52.4 Å². The fraction of sp³-hybridized carbons (Fsp3) is 0.500. The molecule has 0 aliphatic carbocycles. The van der Waals surface area contributed by atoms with Crippen molar-refractivity contribution in [2.75, 3.05) is 31.8 Å². The van der Waals surface area contributed by atoms with Gasteiger partial charge in [0.2, 0.25) is 5.91 Å². The van der Waals surface area contributed by atoms with Crippen molar-refractivity contribution >= 4 is 21.4 Å². The predicted octanol–water partition coefficient (Wildman–Crippen LogP) is 2.17.